The Balaban J connectivity index is 1.99. The maximum Gasteiger partial charge on any atom is 0.209 e. The van der Waals surface area contributed by atoms with Crippen LogP contribution in [0, 0.1) is 0 Å². The number of fused-ring (bicyclic) bond motifs is 1. The van der Waals surface area contributed by atoms with Crippen LogP contribution >= 0.6 is 0 Å². The van der Waals surface area contributed by atoms with E-state index < -0.39 is 0 Å². The molecule has 2 aromatic carbocycles. The van der Waals surface area contributed by atoms with Crippen LogP contribution in [0.25, 0.3) is 10.8 Å². The second kappa shape index (κ2) is 7.64. The molecule has 112 valence electrons. The predicted octanol–water partition coefficient (Wildman–Crippen LogP) is 2.71. The molecular weight excluding hydrogens is 266 g/mol. The Bertz CT molecular complexity index is 580. The lowest BCUT2D eigenvalue weighted by atomic mass is 10.1. The van der Waals surface area contributed by atoms with Gasteiger partial charge in [-0.2, -0.15) is 0 Å². The van der Waals surface area contributed by atoms with Crippen molar-refractivity contribution in [2.75, 3.05) is 27.4 Å². The largest absolute Gasteiger partial charge is 0.493 e. The highest BCUT2D eigenvalue weighted by molar-refractivity contribution is 5.88. The molecule has 0 bridgehead atoms. The fourth-order valence-corrected chi connectivity index (χ4v) is 2.31. The molecule has 21 heavy (non-hydrogen) atoms. The van der Waals surface area contributed by atoms with Crippen molar-refractivity contribution in [2.45, 2.75) is 12.5 Å². The van der Waals surface area contributed by atoms with Gasteiger partial charge in [0.1, 0.15) is 5.75 Å². The SMILES string of the molecule is COCC(CCOc1cccc2ccccc12)N(C)C=O. The molecule has 0 aromatic heterocycles. The van der Waals surface area contributed by atoms with Crippen molar-refractivity contribution in [3.63, 3.8) is 0 Å². The zero-order chi connectivity index (χ0) is 15.1. The van der Waals surface area contributed by atoms with Crippen molar-refractivity contribution in [1.82, 2.24) is 4.90 Å². The van der Waals surface area contributed by atoms with E-state index in [0.717, 1.165) is 29.4 Å². The molecule has 0 radical (unpaired) electrons. The van der Waals surface area contributed by atoms with Crippen molar-refractivity contribution in [3.8, 4) is 5.75 Å². The number of ether oxygens (including phenoxy) is 2. The molecule has 2 rings (SSSR count). The quantitative estimate of drug-likeness (QED) is 0.701. The van der Waals surface area contributed by atoms with Crippen LogP contribution in [0.2, 0.25) is 0 Å². The topological polar surface area (TPSA) is 38.8 Å². The first-order valence-corrected chi connectivity index (χ1v) is 7.03. The second-order valence-electron chi connectivity index (χ2n) is 4.99. The summed E-state index contributed by atoms with van der Waals surface area (Å²) in [6, 6.07) is 14.2. The zero-order valence-electron chi connectivity index (χ0n) is 12.5. The smallest absolute Gasteiger partial charge is 0.209 e. The Morgan fingerprint density at radius 1 is 1.19 bits per heavy atom. The number of likely N-dealkylation sites (N-methyl/N-ethyl adjacent to an activating group) is 1. The molecule has 2 aromatic rings. The number of carbonyl (C=O) groups is 1. The van der Waals surface area contributed by atoms with Crippen molar-refractivity contribution in [1.29, 1.82) is 0 Å². The maximum absolute atomic E-state index is 10.9. The highest BCUT2D eigenvalue weighted by atomic mass is 16.5. The van der Waals surface area contributed by atoms with Gasteiger partial charge in [0, 0.05) is 26.0 Å². The van der Waals surface area contributed by atoms with Gasteiger partial charge >= 0.3 is 0 Å². The summed E-state index contributed by atoms with van der Waals surface area (Å²) in [5.74, 6) is 0.873. The molecule has 0 N–H and O–H groups in total. The Morgan fingerprint density at radius 3 is 2.71 bits per heavy atom. The van der Waals surface area contributed by atoms with Gasteiger partial charge in [-0.15, -0.1) is 0 Å². The lowest BCUT2D eigenvalue weighted by Crippen LogP contribution is -2.35. The fourth-order valence-electron chi connectivity index (χ4n) is 2.31. The molecule has 0 saturated carbocycles. The summed E-state index contributed by atoms with van der Waals surface area (Å²) in [5, 5.41) is 2.26. The van der Waals surface area contributed by atoms with Gasteiger partial charge in [-0.25, -0.2) is 0 Å². The second-order valence-corrected chi connectivity index (χ2v) is 4.99. The Hall–Kier alpha value is -2.07. The molecule has 0 spiro atoms. The van der Waals surface area contributed by atoms with E-state index >= 15 is 0 Å². The molecule has 0 aliphatic heterocycles. The standard InChI is InChI=1S/C17H21NO3/c1-18(13-19)15(12-20-2)10-11-21-17-9-5-7-14-6-3-4-8-16(14)17/h3-9,13,15H,10-12H2,1-2H3. The first-order valence-electron chi connectivity index (χ1n) is 7.03. The van der Waals surface area contributed by atoms with E-state index in [-0.39, 0.29) is 6.04 Å². The van der Waals surface area contributed by atoms with Crippen molar-refractivity contribution < 1.29 is 14.3 Å². The first-order chi connectivity index (χ1) is 10.3. The van der Waals surface area contributed by atoms with E-state index in [1.807, 2.05) is 24.3 Å². The number of nitrogens with zero attached hydrogens (tertiary/aromatic N) is 1. The minimum absolute atomic E-state index is 0.0301. The normalized spacial score (nSPS) is 12.1. The predicted molar refractivity (Wildman–Crippen MR) is 83.6 cm³/mol. The number of hydrogen-bond donors (Lipinski definition) is 0. The Morgan fingerprint density at radius 2 is 1.95 bits per heavy atom. The van der Waals surface area contributed by atoms with E-state index in [1.54, 1.807) is 19.1 Å². The third kappa shape index (κ3) is 3.95. The molecule has 0 aliphatic rings. The number of methoxy groups -OCH3 is 1. The summed E-state index contributed by atoms with van der Waals surface area (Å²) in [5.41, 5.74) is 0. The van der Waals surface area contributed by atoms with Gasteiger partial charge < -0.3 is 14.4 Å². The van der Waals surface area contributed by atoms with Gasteiger partial charge in [-0.1, -0.05) is 36.4 Å². The van der Waals surface area contributed by atoms with Gasteiger partial charge in [0.05, 0.1) is 19.3 Å². The Labute approximate surface area is 125 Å². The molecule has 1 atom stereocenters. The van der Waals surface area contributed by atoms with E-state index in [2.05, 4.69) is 18.2 Å². The molecule has 4 nitrogen and oxygen atoms in total. The fraction of sp³-hybridized carbons (Fsp3) is 0.353. The zero-order valence-corrected chi connectivity index (χ0v) is 12.5. The molecule has 0 fully saturated rings. The van der Waals surface area contributed by atoms with Crippen LogP contribution in [-0.4, -0.2) is 44.7 Å². The first kappa shape index (κ1) is 15.3. The molecule has 0 heterocycles. The van der Waals surface area contributed by atoms with Gasteiger partial charge in [0.15, 0.2) is 0 Å². The highest BCUT2D eigenvalue weighted by Crippen LogP contribution is 2.25. The van der Waals surface area contributed by atoms with Gasteiger partial charge in [0.2, 0.25) is 6.41 Å². The molecule has 4 heteroatoms. The van der Waals surface area contributed by atoms with Gasteiger partial charge in [-0.05, 0) is 11.5 Å². The van der Waals surface area contributed by atoms with Crippen LogP contribution in [0.5, 0.6) is 5.75 Å². The average molecular weight is 287 g/mol. The molecular formula is C17H21NO3. The number of amides is 1. The molecule has 1 unspecified atom stereocenters. The number of carbonyl (C=O) groups excluding carboxylic acids is 1. The van der Waals surface area contributed by atoms with Crippen LogP contribution in [0.15, 0.2) is 42.5 Å². The lowest BCUT2D eigenvalue weighted by molar-refractivity contribution is -0.120. The molecule has 1 amide bonds. The van der Waals surface area contributed by atoms with E-state index in [9.17, 15) is 4.79 Å². The van der Waals surface area contributed by atoms with Crippen LogP contribution in [-0.2, 0) is 9.53 Å². The minimum atomic E-state index is 0.0301. The molecule has 0 saturated heterocycles. The monoisotopic (exact) mass is 287 g/mol. The third-order valence-corrected chi connectivity index (χ3v) is 3.56. The van der Waals surface area contributed by atoms with Crippen molar-refractivity contribution in [2.24, 2.45) is 0 Å². The van der Waals surface area contributed by atoms with Gasteiger partial charge in [0.25, 0.3) is 0 Å². The summed E-state index contributed by atoms with van der Waals surface area (Å²) in [4.78, 5) is 12.5. The number of hydrogen-bond acceptors (Lipinski definition) is 3. The van der Waals surface area contributed by atoms with Crippen molar-refractivity contribution in [3.05, 3.63) is 42.5 Å². The van der Waals surface area contributed by atoms with Gasteiger partial charge in [-0.3, -0.25) is 4.79 Å². The Kier molecular flexibility index (Phi) is 5.58. The minimum Gasteiger partial charge on any atom is -0.493 e. The summed E-state index contributed by atoms with van der Waals surface area (Å²) in [7, 11) is 3.39. The van der Waals surface area contributed by atoms with E-state index in [0.29, 0.717) is 13.2 Å². The number of rotatable bonds is 8. The van der Waals surface area contributed by atoms with Crippen molar-refractivity contribution >= 4 is 17.2 Å². The van der Waals surface area contributed by atoms with E-state index in [4.69, 9.17) is 9.47 Å². The summed E-state index contributed by atoms with van der Waals surface area (Å²) < 4.78 is 11.0. The summed E-state index contributed by atoms with van der Waals surface area (Å²) in [6.45, 7) is 1.05. The van der Waals surface area contributed by atoms with Crippen LogP contribution in [0.1, 0.15) is 6.42 Å². The molecule has 0 aliphatic carbocycles. The van der Waals surface area contributed by atoms with Crippen LogP contribution < -0.4 is 4.74 Å². The lowest BCUT2D eigenvalue weighted by Gasteiger charge is -2.23. The summed E-state index contributed by atoms with van der Waals surface area (Å²) >= 11 is 0. The maximum atomic E-state index is 10.9. The average Bonchev–Trinajstić information content (AvgIpc) is 2.53. The van der Waals surface area contributed by atoms with Crippen LogP contribution in [0.4, 0.5) is 0 Å². The summed E-state index contributed by atoms with van der Waals surface area (Å²) in [6.07, 6.45) is 1.55. The van der Waals surface area contributed by atoms with Crippen LogP contribution in [0.3, 0.4) is 0 Å². The highest BCUT2D eigenvalue weighted by Gasteiger charge is 2.13. The van der Waals surface area contributed by atoms with E-state index in [1.165, 1.54) is 0 Å². The number of benzene rings is 2. The third-order valence-electron chi connectivity index (χ3n) is 3.56.